The summed E-state index contributed by atoms with van der Waals surface area (Å²) < 4.78 is 5.16. The molecule has 0 bridgehead atoms. The quantitative estimate of drug-likeness (QED) is 0.497. The van der Waals surface area contributed by atoms with E-state index < -0.39 is 0 Å². The van der Waals surface area contributed by atoms with Crippen LogP contribution in [0.3, 0.4) is 0 Å². The third-order valence-corrected chi connectivity index (χ3v) is 3.33. The van der Waals surface area contributed by atoms with Crippen molar-refractivity contribution in [3.8, 4) is 0 Å². The van der Waals surface area contributed by atoms with E-state index in [-0.39, 0.29) is 0 Å². The van der Waals surface area contributed by atoms with E-state index in [1.54, 1.807) is 7.11 Å². The maximum atomic E-state index is 5.74. The highest BCUT2D eigenvalue weighted by atomic mass is 35.5. The van der Waals surface area contributed by atoms with Crippen molar-refractivity contribution in [1.82, 2.24) is 10.2 Å². The van der Waals surface area contributed by atoms with Gasteiger partial charge in [-0.15, -0.1) is 11.6 Å². The normalized spacial score (nSPS) is 19.1. The third-order valence-electron chi connectivity index (χ3n) is 3.11. The van der Waals surface area contributed by atoms with Crippen molar-refractivity contribution in [2.24, 2.45) is 0 Å². The van der Waals surface area contributed by atoms with E-state index in [4.69, 9.17) is 16.3 Å². The summed E-state index contributed by atoms with van der Waals surface area (Å²) in [6.45, 7) is 5.65. The number of nitrogens with zero attached hydrogens (tertiary/aromatic N) is 1. The Bertz CT molecular complexity index is 157. The van der Waals surface area contributed by atoms with Crippen LogP contribution in [-0.2, 0) is 4.74 Å². The fourth-order valence-electron chi connectivity index (χ4n) is 2.19. The molecule has 1 aliphatic rings. The number of nitrogens with one attached hydrogen (secondary N) is 1. The standard InChI is InChI=1S/C12H25ClN2O/c1-16-11-12(5-6-13)14-7-4-10-15-8-2-3-9-15/h12,14H,2-11H2,1H3. The lowest BCUT2D eigenvalue weighted by Crippen LogP contribution is -2.35. The third kappa shape index (κ3) is 6.04. The Balaban J connectivity index is 1.98. The molecule has 1 atom stereocenters. The van der Waals surface area contributed by atoms with Crippen LogP contribution in [0, 0.1) is 0 Å². The molecule has 0 amide bonds. The van der Waals surface area contributed by atoms with Crippen molar-refractivity contribution in [1.29, 1.82) is 0 Å². The molecule has 0 saturated carbocycles. The minimum absolute atomic E-state index is 0.418. The van der Waals surface area contributed by atoms with Crippen LogP contribution >= 0.6 is 11.6 Å². The topological polar surface area (TPSA) is 24.5 Å². The van der Waals surface area contributed by atoms with Crippen LogP contribution in [0.15, 0.2) is 0 Å². The molecule has 96 valence electrons. The maximum absolute atomic E-state index is 5.74. The average molecular weight is 249 g/mol. The van der Waals surface area contributed by atoms with Gasteiger partial charge in [0.15, 0.2) is 0 Å². The van der Waals surface area contributed by atoms with E-state index in [2.05, 4.69) is 10.2 Å². The molecular formula is C12H25ClN2O. The molecule has 16 heavy (non-hydrogen) atoms. The second-order valence-corrected chi connectivity index (χ2v) is 4.86. The number of ether oxygens (including phenoxy) is 1. The minimum atomic E-state index is 0.418. The van der Waals surface area contributed by atoms with Gasteiger partial charge in [-0.2, -0.15) is 0 Å². The molecule has 0 aliphatic carbocycles. The fraction of sp³-hybridized carbons (Fsp3) is 1.00. The van der Waals surface area contributed by atoms with E-state index in [0.29, 0.717) is 11.9 Å². The van der Waals surface area contributed by atoms with Gasteiger partial charge in [0.1, 0.15) is 0 Å². The number of halogens is 1. The molecule has 1 N–H and O–H groups in total. The molecule has 1 saturated heterocycles. The first-order chi connectivity index (χ1) is 7.86. The number of rotatable bonds is 9. The summed E-state index contributed by atoms with van der Waals surface area (Å²) >= 11 is 5.74. The minimum Gasteiger partial charge on any atom is -0.383 e. The van der Waals surface area contributed by atoms with Gasteiger partial charge in [0, 0.05) is 19.0 Å². The summed E-state index contributed by atoms with van der Waals surface area (Å²) in [4.78, 5) is 2.55. The van der Waals surface area contributed by atoms with Gasteiger partial charge in [-0.05, 0) is 51.9 Å². The lowest BCUT2D eigenvalue weighted by molar-refractivity contribution is 0.164. The Morgan fingerprint density at radius 1 is 1.38 bits per heavy atom. The van der Waals surface area contributed by atoms with Crippen molar-refractivity contribution in [2.75, 3.05) is 45.8 Å². The average Bonchev–Trinajstić information content (AvgIpc) is 2.78. The van der Waals surface area contributed by atoms with Gasteiger partial charge in [-0.3, -0.25) is 0 Å². The number of methoxy groups -OCH3 is 1. The summed E-state index contributed by atoms with van der Waals surface area (Å²) in [6.07, 6.45) is 4.97. The molecule has 0 aromatic rings. The molecule has 4 heteroatoms. The molecule has 1 rings (SSSR count). The molecule has 0 radical (unpaired) electrons. The van der Waals surface area contributed by atoms with Crippen LogP contribution < -0.4 is 5.32 Å². The predicted molar refractivity (Wildman–Crippen MR) is 69.3 cm³/mol. The van der Waals surface area contributed by atoms with E-state index in [1.807, 2.05) is 0 Å². The van der Waals surface area contributed by atoms with Crippen LogP contribution in [-0.4, -0.2) is 56.7 Å². The number of hydrogen-bond donors (Lipinski definition) is 1. The molecule has 1 aliphatic heterocycles. The summed E-state index contributed by atoms with van der Waals surface area (Å²) in [5.41, 5.74) is 0. The van der Waals surface area contributed by atoms with Crippen molar-refractivity contribution in [2.45, 2.75) is 31.7 Å². The van der Waals surface area contributed by atoms with Crippen molar-refractivity contribution >= 4 is 11.6 Å². The van der Waals surface area contributed by atoms with Gasteiger partial charge < -0.3 is 15.0 Å². The van der Waals surface area contributed by atoms with Gasteiger partial charge in [-0.25, -0.2) is 0 Å². The maximum Gasteiger partial charge on any atom is 0.0616 e. The summed E-state index contributed by atoms with van der Waals surface area (Å²) in [5, 5.41) is 3.51. The van der Waals surface area contributed by atoms with Gasteiger partial charge in [0.25, 0.3) is 0 Å². The molecule has 1 fully saturated rings. The lowest BCUT2D eigenvalue weighted by atomic mass is 10.2. The molecule has 1 heterocycles. The Hall–Kier alpha value is 0.170. The predicted octanol–water partition coefficient (Wildman–Crippen LogP) is 1.71. The first-order valence-corrected chi connectivity index (χ1v) is 6.91. The summed E-state index contributed by atoms with van der Waals surface area (Å²) in [6, 6.07) is 0.418. The summed E-state index contributed by atoms with van der Waals surface area (Å²) in [5.74, 6) is 0.702. The number of hydrogen-bond acceptors (Lipinski definition) is 3. The van der Waals surface area contributed by atoms with Crippen LogP contribution in [0.25, 0.3) is 0 Å². The zero-order valence-corrected chi connectivity index (χ0v) is 11.1. The van der Waals surface area contributed by atoms with E-state index in [9.17, 15) is 0 Å². The van der Waals surface area contributed by atoms with Crippen molar-refractivity contribution in [3.05, 3.63) is 0 Å². The highest BCUT2D eigenvalue weighted by Gasteiger charge is 2.11. The van der Waals surface area contributed by atoms with E-state index in [1.165, 1.54) is 38.9 Å². The van der Waals surface area contributed by atoms with Crippen LogP contribution in [0.4, 0.5) is 0 Å². The number of alkyl halides is 1. The second-order valence-electron chi connectivity index (χ2n) is 4.49. The van der Waals surface area contributed by atoms with Crippen molar-refractivity contribution in [3.63, 3.8) is 0 Å². The molecular weight excluding hydrogens is 224 g/mol. The zero-order chi connectivity index (χ0) is 11.6. The number of likely N-dealkylation sites (tertiary alicyclic amines) is 1. The summed E-state index contributed by atoms with van der Waals surface area (Å²) in [7, 11) is 1.74. The monoisotopic (exact) mass is 248 g/mol. The van der Waals surface area contributed by atoms with Crippen molar-refractivity contribution < 1.29 is 4.74 Å². The van der Waals surface area contributed by atoms with Gasteiger partial charge >= 0.3 is 0 Å². The Morgan fingerprint density at radius 2 is 2.12 bits per heavy atom. The highest BCUT2D eigenvalue weighted by molar-refractivity contribution is 6.17. The smallest absolute Gasteiger partial charge is 0.0616 e. The molecule has 0 aromatic heterocycles. The van der Waals surface area contributed by atoms with Gasteiger partial charge in [0.05, 0.1) is 6.61 Å². The zero-order valence-electron chi connectivity index (χ0n) is 10.4. The van der Waals surface area contributed by atoms with Crippen LogP contribution in [0.2, 0.25) is 0 Å². The fourth-order valence-corrected chi connectivity index (χ4v) is 2.46. The molecule has 0 aromatic carbocycles. The lowest BCUT2D eigenvalue weighted by Gasteiger charge is -2.18. The first-order valence-electron chi connectivity index (χ1n) is 6.37. The Kier molecular flexibility index (Phi) is 8.21. The van der Waals surface area contributed by atoms with Crippen LogP contribution in [0.5, 0.6) is 0 Å². The SMILES string of the molecule is COCC(CCCl)NCCCN1CCCC1. The highest BCUT2D eigenvalue weighted by Crippen LogP contribution is 2.07. The Morgan fingerprint density at radius 3 is 2.75 bits per heavy atom. The van der Waals surface area contributed by atoms with E-state index in [0.717, 1.165) is 19.6 Å². The molecule has 1 unspecified atom stereocenters. The Labute approximate surface area is 104 Å². The van der Waals surface area contributed by atoms with Crippen LogP contribution in [0.1, 0.15) is 25.7 Å². The molecule has 0 spiro atoms. The van der Waals surface area contributed by atoms with Gasteiger partial charge in [0.2, 0.25) is 0 Å². The van der Waals surface area contributed by atoms with E-state index >= 15 is 0 Å². The van der Waals surface area contributed by atoms with Gasteiger partial charge in [-0.1, -0.05) is 0 Å². The molecule has 3 nitrogen and oxygen atoms in total. The second kappa shape index (κ2) is 9.23. The first kappa shape index (κ1) is 14.2. The largest absolute Gasteiger partial charge is 0.383 e.